The topological polar surface area (TPSA) is 55.4 Å². The SMILES string of the molecule is CCCCOc1cc2ccccc2cc1Cc1cc2ccccc2c(Cc2c(OCCCC)c(CCc3cc4ccccc4c(Cc4c(OCCCC)c(Cc5cc6ccccc6cc5OCCCC)cc5ccccc45)c3OCCCC)cc3ccccc23)c1OCCCC. The van der Waals surface area contributed by atoms with Crippen LogP contribution in [-0.4, -0.2) is 39.6 Å². The van der Waals surface area contributed by atoms with Crippen LogP contribution in [0.4, 0.5) is 0 Å². The van der Waals surface area contributed by atoms with E-state index < -0.39 is 0 Å². The Labute approximate surface area is 570 Å². The van der Waals surface area contributed by atoms with Crippen LogP contribution in [-0.2, 0) is 38.5 Å². The summed E-state index contributed by atoms with van der Waals surface area (Å²) < 4.78 is 42.5. The molecule has 0 spiro atoms. The first-order valence-electron chi connectivity index (χ1n) is 36.3. The molecule has 0 fully saturated rings. The van der Waals surface area contributed by atoms with E-state index in [0.717, 1.165) is 136 Å². The number of hydrogen-bond donors (Lipinski definition) is 0. The zero-order valence-corrected chi connectivity index (χ0v) is 57.9. The summed E-state index contributed by atoms with van der Waals surface area (Å²) in [7, 11) is 0. The van der Waals surface area contributed by atoms with Crippen molar-refractivity contribution in [1.82, 2.24) is 0 Å². The molecular weight excluding hydrogens is 1180 g/mol. The van der Waals surface area contributed by atoms with Crippen molar-refractivity contribution in [2.45, 2.75) is 157 Å². The lowest BCUT2D eigenvalue weighted by Crippen LogP contribution is -2.10. The van der Waals surface area contributed by atoms with Gasteiger partial charge in [0.1, 0.15) is 34.5 Å². The van der Waals surface area contributed by atoms with Crippen molar-refractivity contribution >= 4 is 64.6 Å². The molecule has 0 saturated heterocycles. The zero-order valence-electron chi connectivity index (χ0n) is 57.9. The van der Waals surface area contributed by atoms with Gasteiger partial charge in [-0.2, -0.15) is 0 Å². The van der Waals surface area contributed by atoms with Crippen LogP contribution in [0.2, 0.25) is 0 Å². The molecule has 96 heavy (non-hydrogen) atoms. The van der Waals surface area contributed by atoms with Crippen LogP contribution in [0, 0.1) is 0 Å². The minimum absolute atomic E-state index is 0.619. The molecule has 494 valence electrons. The van der Waals surface area contributed by atoms with Gasteiger partial charge < -0.3 is 28.4 Å². The third kappa shape index (κ3) is 15.6. The Kier molecular flexibility index (Phi) is 23.1. The zero-order chi connectivity index (χ0) is 66.0. The molecule has 0 N–H and O–H groups in total. The predicted octanol–water partition coefficient (Wildman–Crippen LogP) is 23.8. The highest BCUT2D eigenvalue weighted by atomic mass is 16.5. The van der Waals surface area contributed by atoms with E-state index in [2.05, 4.69) is 236 Å². The molecule has 0 amide bonds. The van der Waals surface area contributed by atoms with E-state index in [-0.39, 0.29) is 0 Å². The summed E-state index contributed by atoms with van der Waals surface area (Å²) in [6, 6.07) is 71.8. The predicted molar refractivity (Wildman–Crippen MR) is 405 cm³/mol. The highest BCUT2D eigenvalue weighted by Crippen LogP contribution is 2.46. The molecule has 0 heterocycles. The van der Waals surface area contributed by atoms with Gasteiger partial charge in [-0.25, -0.2) is 0 Å². The molecule has 12 aromatic carbocycles. The Hall–Kier alpha value is -9.00. The summed E-state index contributed by atoms with van der Waals surface area (Å²) in [4.78, 5) is 0. The van der Waals surface area contributed by atoms with Crippen molar-refractivity contribution in [3.63, 3.8) is 0 Å². The van der Waals surface area contributed by atoms with Gasteiger partial charge in [-0.3, -0.25) is 0 Å². The quantitative estimate of drug-likeness (QED) is 0.0369. The fourth-order valence-electron chi connectivity index (χ4n) is 14.0. The van der Waals surface area contributed by atoms with E-state index in [1.165, 1.54) is 109 Å². The van der Waals surface area contributed by atoms with Crippen LogP contribution < -0.4 is 28.4 Å². The standard InChI is InChI=1S/C90H98O6/c1-7-13-45-91-85-59-65-33-21-19-31-63(65)51-73(85)57-75-55-69-37-25-29-41-79(69)83(89(75)95-49-17-11-5)61-81-77-39-27-23-35-67(77)53-71(87(81)93-47-15-9-3)43-44-72-54-68-36-24-28-40-78(68)82(88(72)94-48-16-10-4)62-84-80-42-30-26-38-70(80)56-76(90(84)96-50-18-12-6)58-74-52-64-32-20-22-34-66(64)60-86(74)92-46-14-8-2/h19-42,51-56,59-60H,7-18,43-50,57-58,61-62H2,1-6H3. The second-order valence-electron chi connectivity index (χ2n) is 26.3. The fourth-order valence-corrected chi connectivity index (χ4v) is 14.0. The highest BCUT2D eigenvalue weighted by Gasteiger charge is 2.26. The number of unbranched alkanes of at least 4 members (excludes halogenated alkanes) is 6. The summed E-state index contributed by atoms with van der Waals surface area (Å²) >= 11 is 0. The van der Waals surface area contributed by atoms with E-state index in [1.807, 2.05) is 0 Å². The van der Waals surface area contributed by atoms with Crippen molar-refractivity contribution in [3.8, 4) is 34.5 Å². The number of aryl methyl sites for hydroxylation is 2. The summed E-state index contributed by atoms with van der Waals surface area (Å²) in [5, 5.41) is 14.4. The maximum absolute atomic E-state index is 7.33. The summed E-state index contributed by atoms with van der Waals surface area (Å²) in [6.45, 7) is 17.3. The molecular formula is C90H98O6. The van der Waals surface area contributed by atoms with Gasteiger partial charge in [-0.1, -0.05) is 226 Å². The van der Waals surface area contributed by atoms with Crippen molar-refractivity contribution in [2.24, 2.45) is 0 Å². The minimum atomic E-state index is 0.619. The molecule has 6 nitrogen and oxygen atoms in total. The summed E-state index contributed by atoms with van der Waals surface area (Å²) in [6.07, 6.45) is 16.1. The van der Waals surface area contributed by atoms with Crippen molar-refractivity contribution in [3.05, 3.63) is 250 Å². The Morgan fingerprint density at radius 1 is 0.219 bits per heavy atom. The number of benzene rings is 12. The van der Waals surface area contributed by atoms with Crippen molar-refractivity contribution in [2.75, 3.05) is 39.6 Å². The molecule has 0 radical (unpaired) electrons. The van der Waals surface area contributed by atoms with Gasteiger partial charge >= 0.3 is 0 Å². The molecule has 12 rings (SSSR count). The molecule has 0 aliphatic rings. The largest absolute Gasteiger partial charge is 0.493 e. The Bertz CT molecular complexity index is 4300. The van der Waals surface area contributed by atoms with E-state index >= 15 is 0 Å². The number of fused-ring (bicyclic) bond motifs is 6. The summed E-state index contributed by atoms with van der Waals surface area (Å²) in [5.41, 5.74) is 11.8. The molecule has 12 aromatic rings. The fraction of sp³-hybridized carbons (Fsp3) is 0.333. The van der Waals surface area contributed by atoms with Crippen molar-refractivity contribution in [1.29, 1.82) is 0 Å². The number of hydrogen-bond acceptors (Lipinski definition) is 6. The third-order valence-corrected chi connectivity index (χ3v) is 19.2. The molecule has 0 unspecified atom stereocenters. The average molecular weight is 1280 g/mol. The van der Waals surface area contributed by atoms with Crippen LogP contribution in [0.5, 0.6) is 34.5 Å². The lowest BCUT2D eigenvalue weighted by Gasteiger charge is -2.24. The highest BCUT2D eigenvalue weighted by molar-refractivity contribution is 5.96. The van der Waals surface area contributed by atoms with Gasteiger partial charge in [0.15, 0.2) is 0 Å². The number of ether oxygens (including phenoxy) is 6. The molecule has 0 saturated carbocycles. The second-order valence-corrected chi connectivity index (χ2v) is 26.3. The second kappa shape index (κ2) is 33.1. The Morgan fingerprint density at radius 2 is 0.448 bits per heavy atom. The molecule has 0 aliphatic heterocycles. The lowest BCUT2D eigenvalue weighted by molar-refractivity contribution is 0.299. The number of rotatable bonds is 35. The first-order valence-corrected chi connectivity index (χ1v) is 36.3. The van der Waals surface area contributed by atoms with E-state index in [9.17, 15) is 0 Å². The van der Waals surface area contributed by atoms with E-state index in [1.54, 1.807) is 0 Å². The van der Waals surface area contributed by atoms with Gasteiger partial charge in [0, 0.05) is 47.9 Å². The minimum Gasteiger partial charge on any atom is -0.493 e. The van der Waals surface area contributed by atoms with Crippen LogP contribution in [0.3, 0.4) is 0 Å². The first-order chi connectivity index (χ1) is 47.4. The van der Waals surface area contributed by atoms with Gasteiger partial charge in [-0.05, 0) is 198 Å². The van der Waals surface area contributed by atoms with Gasteiger partial charge in [0.25, 0.3) is 0 Å². The molecule has 0 atom stereocenters. The Balaban J connectivity index is 0.991. The molecule has 0 aliphatic carbocycles. The van der Waals surface area contributed by atoms with Crippen LogP contribution in [0.25, 0.3) is 64.6 Å². The van der Waals surface area contributed by atoms with Gasteiger partial charge in [-0.15, -0.1) is 0 Å². The van der Waals surface area contributed by atoms with Crippen LogP contribution in [0.1, 0.15) is 174 Å². The third-order valence-electron chi connectivity index (χ3n) is 19.2. The summed E-state index contributed by atoms with van der Waals surface area (Å²) in [5.74, 6) is 5.78. The van der Waals surface area contributed by atoms with Crippen LogP contribution in [0.15, 0.2) is 194 Å². The Morgan fingerprint density at radius 3 is 0.740 bits per heavy atom. The maximum atomic E-state index is 7.33. The van der Waals surface area contributed by atoms with Crippen LogP contribution >= 0.6 is 0 Å². The average Bonchev–Trinajstić information content (AvgIpc) is 1.41. The lowest BCUT2D eigenvalue weighted by atomic mass is 9.87. The first kappa shape index (κ1) is 67.0. The van der Waals surface area contributed by atoms with E-state index in [4.69, 9.17) is 28.4 Å². The van der Waals surface area contributed by atoms with Gasteiger partial charge in [0.2, 0.25) is 0 Å². The molecule has 6 heteroatoms. The smallest absolute Gasteiger partial charge is 0.126 e. The normalized spacial score (nSPS) is 11.6. The molecule has 0 aromatic heterocycles. The monoisotopic (exact) mass is 1270 g/mol. The molecule has 0 bridgehead atoms. The van der Waals surface area contributed by atoms with Crippen molar-refractivity contribution < 1.29 is 28.4 Å². The van der Waals surface area contributed by atoms with Gasteiger partial charge in [0.05, 0.1) is 39.6 Å². The maximum Gasteiger partial charge on any atom is 0.126 e. The van der Waals surface area contributed by atoms with E-state index in [0.29, 0.717) is 65.3 Å².